The Kier molecular flexibility index (Phi) is 6.93. The molecule has 0 radical (unpaired) electrons. The number of benzene rings is 3. The van der Waals surface area contributed by atoms with Crippen molar-refractivity contribution in [1.29, 1.82) is 5.26 Å². The van der Waals surface area contributed by atoms with Crippen LogP contribution in [-0.2, 0) is 0 Å². The second kappa shape index (κ2) is 8.94. The van der Waals surface area contributed by atoms with Gasteiger partial charge in [-0.25, -0.2) is 0 Å². The van der Waals surface area contributed by atoms with Crippen LogP contribution >= 0.6 is 7.26 Å². The van der Waals surface area contributed by atoms with Crippen LogP contribution in [0.1, 0.15) is 6.42 Å². The summed E-state index contributed by atoms with van der Waals surface area (Å²) in [5, 5.41) is 14.1. The van der Waals surface area contributed by atoms with E-state index in [1.54, 1.807) is 0 Å². The van der Waals surface area contributed by atoms with Gasteiger partial charge in [0.25, 0.3) is 0 Å². The van der Waals surface area contributed by atoms with E-state index in [0.717, 1.165) is 5.31 Å². The Morgan fingerprint density at radius 1 is 0.720 bits per heavy atom. The van der Waals surface area contributed by atoms with Gasteiger partial charge in [0.2, 0.25) is 0 Å². The average molecular weight is 455 g/mol. The van der Waals surface area contributed by atoms with Gasteiger partial charge in [-0.05, 0) is 36.4 Å². The van der Waals surface area contributed by atoms with E-state index in [2.05, 4.69) is 85.4 Å². The van der Waals surface area contributed by atoms with Crippen LogP contribution in [0.5, 0.6) is 0 Å². The summed E-state index contributed by atoms with van der Waals surface area (Å²) in [4.78, 5) is 0. The molecule has 0 heterocycles. The lowest BCUT2D eigenvalue weighted by Crippen LogP contribution is -3.00. The Morgan fingerprint density at radius 2 is 1.04 bits per heavy atom. The highest BCUT2D eigenvalue weighted by Crippen LogP contribution is 2.62. The van der Waals surface area contributed by atoms with Crippen LogP contribution in [0.2, 0.25) is 0 Å². The highest BCUT2D eigenvalue weighted by Gasteiger charge is 2.48. The van der Waals surface area contributed by atoms with E-state index in [4.69, 9.17) is 0 Å². The molecule has 0 saturated heterocycles. The van der Waals surface area contributed by atoms with E-state index in [1.165, 1.54) is 15.9 Å². The molecule has 0 bridgehead atoms. The van der Waals surface area contributed by atoms with Crippen LogP contribution in [0.15, 0.2) is 103 Å². The topological polar surface area (TPSA) is 23.8 Å². The fourth-order valence-corrected chi connectivity index (χ4v) is 7.32. The summed E-state index contributed by atoms with van der Waals surface area (Å²) in [7, 11) is -2.08. The Balaban J connectivity index is 0.00000225. The Morgan fingerprint density at radius 3 is 1.32 bits per heavy atom. The number of allylic oxidation sites excluding steroid dienone is 1. The van der Waals surface area contributed by atoms with E-state index in [-0.39, 0.29) is 24.0 Å². The van der Waals surface area contributed by atoms with Crippen LogP contribution in [0.3, 0.4) is 0 Å². The molecule has 0 saturated carbocycles. The number of rotatable bonds is 5. The first-order valence-electron chi connectivity index (χ1n) is 7.91. The molecule has 0 N–H and O–H groups in total. The van der Waals surface area contributed by atoms with Crippen molar-refractivity contribution in [2.45, 2.75) is 6.42 Å². The molecule has 0 spiro atoms. The zero-order valence-corrected chi connectivity index (χ0v) is 16.9. The van der Waals surface area contributed by atoms with Gasteiger partial charge in [0.1, 0.15) is 23.2 Å². The molecule has 0 unspecified atom stereocenters. The molecular weight excluding hydrogens is 436 g/mol. The van der Waals surface area contributed by atoms with Crippen molar-refractivity contribution < 1.29 is 24.0 Å². The predicted molar refractivity (Wildman–Crippen MR) is 105 cm³/mol. The van der Waals surface area contributed by atoms with E-state index in [1.807, 2.05) is 18.2 Å². The van der Waals surface area contributed by atoms with Gasteiger partial charge in [-0.2, -0.15) is 5.26 Å². The van der Waals surface area contributed by atoms with Crippen LogP contribution < -0.4 is 39.9 Å². The molecule has 0 aliphatic heterocycles. The molecule has 0 fully saturated rings. The lowest BCUT2D eigenvalue weighted by molar-refractivity contribution is -0.00000490. The Bertz CT molecular complexity index is 758. The predicted octanol–water partition coefficient (Wildman–Crippen LogP) is 1.41. The van der Waals surface area contributed by atoms with E-state index in [0.29, 0.717) is 6.42 Å². The fourth-order valence-electron chi connectivity index (χ4n) is 3.16. The third-order valence-electron chi connectivity index (χ3n) is 4.19. The van der Waals surface area contributed by atoms with Gasteiger partial charge < -0.3 is 24.0 Å². The van der Waals surface area contributed by atoms with E-state index >= 15 is 0 Å². The molecule has 3 aromatic carbocycles. The zero-order valence-electron chi connectivity index (χ0n) is 13.8. The van der Waals surface area contributed by atoms with E-state index < -0.39 is 7.26 Å². The monoisotopic (exact) mass is 455 g/mol. The molecule has 3 aromatic rings. The second-order valence-electron chi connectivity index (χ2n) is 5.58. The van der Waals surface area contributed by atoms with Crippen molar-refractivity contribution in [3.8, 4) is 6.07 Å². The average Bonchev–Trinajstić information content (AvgIpc) is 2.65. The van der Waals surface area contributed by atoms with Crippen LogP contribution in [0.4, 0.5) is 0 Å². The van der Waals surface area contributed by atoms with Crippen LogP contribution in [0, 0.1) is 11.3 Å². The number of hydrogen-bond donors (Lipinski definition) is 0. The van der Waals surface area contributed by atoms with Gasteiger partial charge in [-0.1, -0.05) is 61.2 Å². The zero-order chi connectivity index (χ0) is 16.8. The summed E-state index contributed by atoms with van der Waals surface area (Å²) in [6.07, 6.45) is 0.354. The van der Waals surface area contributed by atoms with Crippen molar-refractivity contribution in [1.82, 2.24) is 0 Å². The van der Waals surface area contributed by atoms with Gasteiger partial charge in [0, 0.05) is 0 Å². The molecule has 3 rings (SSSR count). The van der Waals surface area contributed by atoms with Crippen molar-refractivity contribution >= 4 is 23.2 Å². The first kappa shape index (κ1) is 19.4. The lowest BCUT2D eigenvalue weighted by atomic mass is 10.3. The minimum absolute atomic E-state index is 0. The highest BCUT2D eigenvalue weighted by molar-refractivity contribution is 7.99. The second-order valence-corrected chi connectivity index (χ2v) is 9.10. The number of halogens is 1. The Labute approximate surface area is 167 Å². The van der Waals surface area contributed by atoms with Gasteiger partial charge in [0.15, 0.2) is 0 Å². The standard InChI is InChI=1S/C22H19NP.HI/c1-19(17-18-23)24(20-11-5-2-6-12-20,21-13-7-3-8-14-21)22-15-9-4-10-16-22;/h2-16H,1,17H2;1H/q+1;/p-1. The summed E-state index contributed by atoms with van der Waals surface area (Å²) in [6.45, 7) is 4.37. The molecule has 0 aliphatic carbocycles. The maximum Gasteiger partial charge on any atom is 0.140 e. The first-order valence-corrected chi connectivity index (χ1v) is 9.70. The molecule has 3 heteroatoms. The van der Waals surface area contributed by atoms with Crippen molar-refractivity contribution in [3.05, 3.63) is 103 Å². The maximum atomic E-state index is 9.35. The maximum absolute atomic E-state index is 9.35. The number of nitrogens with zero attached hydrogens (tertiary/aromatic N) is 1. The normalized spacial score (nSPS) is 10.4. The van der Waals surface area contributed by atoms with Crippen molar-refractivity contribution in [2.24, 2.45) is 0 Å². The molecule has 1 nitrogen and oxygen atoms in total. The van der Waals surface area contributed by atoms with Gasteiger partial charge >= 0.3 is 0 Å². The molecular formula is C22H19INP. The number of nitriles is 1. The number of hydrogen-bond acceptors (Lipinski definition) is 1. The lowest BCUT2D eigenvalue weighted by Gasteiger charge is -2.28. The highest BCUT2D eigenvalue weighted by atomic mass is 127. The smallest absolute Gasteiger partial charge is 0.140 e. The fraction of sp³-hybridized carbons (Fsp3) is 0.0455. The third kappa shape index (κ3) is 3.68. The molecule has 0 atom stereocenters. The van der Waals surface area contributed by atoms with Crippen LogP contribution in [-0.4, -0.2) is 0 Å². The minimum Gasteiger partial charge on any atom is -1.00 e. The van der Waals surface area contributed by atoms with Gasteiger partial charge in [-0.3, -0.25) is 0 Å². The largest absolute Gasteiger partial charge is 1.00 e. The summed E-state index contributed by atoms with van der Waals surface area (Å²) >= 11 is 0. The molecule has 0 aromatic heterocycles. The summed E-state index contributed by atoms with van der Waals surface area (Å²) in [6, 6.07) is 33.8. The van der Waals surface area contributed by atoms with E-state index in [9.17, 15) is 5.26 Å². The van der Waals surface area contributed by atoms with Gasteiger partial charge in [0.05, 0.1) is 17.8 Å². The summed E-state index contributed by atoms with van der Waals surface area (Å²) in [5.41, 5.74) is 0. The summed E-state index contributed by atoms with van der Waals surface area (Å²) < 4.78 is 0. The van der Waals surface area contributed by atoms with Crippen molar-refractivity contribution in [2.75, 3.05) is 0 Å². The minimum atomic E-state index is -2.08. The molecule has 25 heavy (non-hydrogen) atoms. The molecule has 124 valence electrons. The Hall–Kier alpha value is -1.95. The SMILES string of the molecule is C=C(CC#N)[P+](c1ccccc1)(c1ccccc1)c1ccccc1.[I-]. The molecule has 0 aliphatic rings. The third-order valence-corrected chi connectivity index (χ3v) is 8.51. The quantitative estimate of drug-likeness (QED) is 0.422. The van der Waals surface area contributed by atoms with Gasteiger partial charge in [-0.15, -0.1) is 0 Å². The summed E-state index contributed by atoms with van der Waals surface area (Å²) in [5.74, 6) is 0. The van der Waals surface area contributed by atoms with Crippen molar-refractivity contribution in [3.63, 3.8) is 0 Å². The van der Waals surface area contributed by atoms with Crippen LogP contribution in [0.25, 0.3) is 0 Å². The molecule has 0 amide bonds. The first-order chi connectivity index (χ1) is 11.8.